The molecule has 1 aromatic carbocycles. The molecule has 0 heterocycles. The highest BCUT2D eigenvalue weighted by molar-refractivity contribution is 9.11. The van der Waals surface area contributed by atoms with Gasteiger partial charge >= 0.3 is 0 Å². The van der Waals surface area contributed by atoms with Gasteiger partial charge in [-0.1, -0.05) is 0 Å². The van der Waals surface area contributed by atoms with Crippen LogP contribution in [0.4, 0.5) is 5.69 Å². The molecular weight excluding hydrogens is 312 g/mol. The van der Waals surface area contributed by atoms with E-state index in [1.54, 1.807) is 7.05 Å². The van der Waals surface area contributed by atoms with Crippen LogP contribution in [0.3, 0.4) is 0 Å². The Hall–Kier alpha value is -0.100. The molecule has 1 aromatic rings. The number of benzene rings is 1. The van der Waals surface area contributed by atoms with Gasteiger partial charge in [0.2, 0.25) is 0 Å². The topological polar surface area (TPSA) is 58.3 Å². The third kappa shape index (κ3) is 2.48. The van der Waals surface area contributed by atoms with Crippen molar-refractivity contribution >= 4 is 37.5 Å². The van der Waals surface area contributed by atoms with Crippen LogP contribution in [0.2, 0.25) is 0 Å². The van der Waals surface area contributed by atoms with Gasteiger partial charge in [-0.25, -0.2) is 0 Å². The van der Waals surface area contributed by atoms with E-state index >= 15 is 0 Å². The first-order valence-electron chi connectivity index (χ1n) is 4.12. The number of nitrogen functional groups attached to an aromatic ring is 1. The van der Waals surface area contributed by atoms with E-state index in [-0.39, 0.29) is 12.6 Å². The SMILES string of the molecule is CN[C@H](CO)c1cc(Br)c(N)c(Br)c1. The van der Waals surface area contributed by atoms with E-state index in [9.17, 15) is 0 Å². The fourth-order valence-corrected chi connectivity index (χ4v) is 2.39. The second kappa shape index (κ2) is 5.11. The Morgan fingerprint density at radius 2 is 1.93 bits per heavy atom. The summed E-state index contributed by atoms with van der Waals surface area (Å²) in [7, 11) is 1.80. The molecule has 0 saturated heterocycles. The number of hydrogen-bond donors (Lipinski definition) is 3. The molecule has 78 valence electrons. The summed E-state index contributed by atoms with van der Waals surface area (Å²) in [5.41, 5.74) is 7.41. The van der Waals surface area contributed by atoms with Crippen LogP contribution in [0.25, 0.3) is 0 Å². The van der Waals surface area contributed by atoms with Crippen LogP contribution in [-0.4, -0.2) is 18.8 Å². The molecule has 14 heavy (non-hydrogen) atoms. The first kappa shape index (κ1) is 12.0. The molecule has 0 fully saturated rings. The van der Waals surface area contributed by atoms with Gasteiger partial charge in [0.05, 0.1) is 18.3 Å². The number of rotatable bonds is 3. The van der Waals surface area contributed by atoms with E-state index in [2.05, 4.69) is 37.2 Å². The summed E-state index contributed by atoms with van der Waals surface area (Å²) in [4.78, 5) is 0. The van der Waals surface area contributed by atoms with Crippen molar-refractivity contribution in [2.45, 2.75) is 6.04 Å². The van der Waals surface area contributed by atoms with E-state index in [4.69, 9.17) is 10.8 Å². The number of aliphatic hydroxyl groups excluding tert-OH is 1. The van der Waals surface area contributed by atoms with E-state index < -0.39 is 0 Å². The number of hydrogen-bond acceptors (Lipinski definition) is 3. The molecule has 0 bridgehead atoms. The van der Waals surface area contributed by atoms with Gasteiger partial charge in [0.1, 0.15) is 0 Å². The zero-order valence-electron chi connectivity index (χ0n) is 7.72. The van der Waals surface area contributed by atoms with Crippen LogP contribution in [0.1, 0.15) is 11.6 Å². The van der Waals surface area contributed by atoms with Gasteiger partial charge in [0.25, 0.3) is 0 Å². The summed E-state index contributed by atoms with van der Waals surface area (Å²) in [6.07, 6.45) is 0. The average Bonchev–Trinajstić information content (AvgIpc) is 2.16. The maximum atomic E-state index is 9.11. The monoisotopic (exact) mass is 322 g/mol. The molecule has 0 saturated carbocycles. The van der Waals surface area contributed by atoms with Gasteiger partial charge < -0.3 is 16.2 Å². The molecule has 0 spiro atoms. The number of nitrogens with two attached hydrogens (primary N) is 1. The summed E-state index contributed by atoms with van der Waals surface area (Å²) in [6.45, 7) is 0.0549. The lowest BCUT2D eigenvalue weighted by Gasteiger charge is -2.15. The van der Waals surface area contributed by atoms with Crippen LogP contribution in [-0.2, 0) is 0 Å². The second-order valence-electron chi connectivity index (χ2n) is 2.92. The lowest BCUT2D eigenvalue weighted by atomic mass is 10.1. The normalized spacial score (nSPS) is 12.9. The molecule has 0 unspecified atom stereocenters. The van der Waals surface area contributed by atoms with E-state index in [0.717, 1.165) is 14.5 Å². The molecule has 0 amide bonds. The predicted octanol–water partition coefficient (Wildman–Crippen LogP) is 2.05. The van der Waals surface area contributed by atoms with Crippen LogP contribution >= 0.6 is 31.9 Å². The van der Waals surface area contributed by atoms with Gasteiger partial charge in [0, 0.05) is 8.95 Å². The Labute approximate surface area is 99.9 Å². The molecule has 5 heteroatoms. The first-order chi connectivity index (χ1) is 6.60. The van der Waals surface area contributed by atoms with Crippen molar-refractivity contribution < 1.29 is 5.11 Å². The molecule has 1 rings (SSSR count). The molecule has 0 aliphatic heterocycles. The Kier molecular flexibility index (Phi) is 4.37. The maximum absolute atomic E-state index is 9.11. The first-order valence-corrected chi connectivity index (χ1v) is 5.71. The minimum Gasteiger partial charge on any atom is -0.397 e. The fourth-order valence-electron chi connectivity index (χ4n) is 1.17. The fraction of sp³-hybridized carbons (Fsp3) is 0.333. The highest BCUT2D eigenvalue weighted by Gasteiger charge is 2.11. The van der Waals surface area contributed by atoms with Crippen LogP contribution in [0.5, 0.6) is 0 Å². The highest BCUT2D eigenvalue weighted by atomic mass is 79.9. The zero-order valence-corrected chi connectivity index (χ0v) is 10.9. The lowest BCUT2D eigenvalue weighted by Crippen LogP contribution is -2.20. The molecule has 1 atom stereocenters. The average molecular weight is 324 g/mol. The molecule has 3 nitrogen and oxygen atoms in total. The molecule has 0 aliphatic rings. The molecule has 0 aliphatic carbocycles. The van der Waals surface area contributed by atoms with Gasteiger partial charge in [-0.05, 0) is 56.6 Å². The Morgan fingerprint density at radius 1 is 1.43 bits per heavy atom. The lowest BCUT2D eigenvalue weighted by molar-refractivity contribution is 0.251. The summed E-state index contributed by atoms with van der Waals surface area (Å²) < 4.78 is 1.66. The van der Waals surface area contributed by atoms with Crippen molar-refractivity contribution in [2.75, 3.05) is 19.4 Å². The largest absolute Gasteiger partial charge is 0.397 e. The van der Waals surface area contributed by atoms with Crippen molar-refractivity contribution in [1.82, 2.24) is 5.32 Å². The number of aliphatic hydroxyl groups is 1. The summed E-state index contributed by atoms with van der Waals surface area (Å²) >= 11 is 6.72. The number of halogens is 2. The molecule has 4 N–H and O–H groups in total. The van der Waals surface area contributed by atoms with Crippen molar-refractivity contribution in [2.24, 2.45) is 0 Å². The Morgan fingerprint density at radius 3 is 2.29 bits per heavy atom. The Bertz CT molecular complexity index is 304. The van der Waals surface area contributed by atoms with Gasteiger partial charge in [-0.2, -0.15) is 0 Å². The maximum Gasteiger partial charge on any atom is 0.0626 e. The van der Waals surface area contributed by atoms with E-state index in [1.807, 2.05) is 12.1 Å². The molecular formula is C9H12Br2N2O. The van der Waals surface area contributed by atoms with Crippen LogP contribution < -0.4 is 11.1 Å². The van der Waals surface area contributed by atoms with Gasteiger partial charge in [0.15, 0.2) is 0 Å². The summed E-state index contributed by atoms with van der Waals surface area (Å²) in [5, 5.41) is 12.1. The smallest absolute Gasteiger partial charge is 0.0626 e. The number of likely N-dealkylation sites (N-methyl/N-ethyl adjacent to an activating group) is 1. The third-order valence-electron chi connectivity index (χ3n) is 2.03. The van der Waals surface area contributed by atoms with Crippen LogP contribution in [0, 0.1) is 0 Å². The quantitative estimate of drug-likeness (QED) is 0.746. The Balaban J connectivity index is 3.11. The number of nitrogens with one attached hydrogen (secondary N) is 1. The highest BCUT2D eigenvalue weighted by Crippen LogP contribution is 2.31. The van der Waals surface area contributed by atoms with Gasteiger partial charge in [-0.15, -0.1) is 0 Å². The summed E-state index contributed by atoms with van der Waals surface area (Å²) in [5.74, 6) is 0. The van der Waals surface area contributed by atoms with Crippen molar-refractivity contribution in [3.63, 3.8) is 0 Å². The standard InChI is InChI=1S/C9H12Br2N2O/c1-13-8(4-14)5-2-6(10)9(12)7(11)3-5/h2-3,8,13-14H,4,12H2,1H3/t8-/m1/s1. The van der Waals surface area contributed by atoms with Gasteiger partial charge in [-0.3, -0.25) is 0 Å². The summed E-state index contributed by atoms with van der Waals surface area (Å²) in [6, 6.07) is 3.73. The van der Waals surface area contributed by atoms with Crippen molar-refractivity contribution in [3.05, 3.63) is 26.6 Å². The minimum absolute atomic E-state index is 0.0549. The zero-order chi connectivity index (χ0) is 10.7. The van der Waals surface area contributed by atoms with Crippen molar-refractivity contribution in [1.29, 1.82) is 0 Å². The van der Waals surface area contributed by atoms with Crippen molar-refractivity contribution in [3.8, 4) is 0 Å². The number of anilines is 1. The van der Waals surface area contributed by atoms with E-state index in [1.165, 1.54) is 0 Å². The van der Waals surface area contributed by atoms with Crippen LogP contribution in [0.15, 0.2) is 21.1 Å². The predicted molar refractivity (Wildman–Crippen MR) is 65.1 cm³/mol. The minimum atomic E-state index is -0.0665. The molecule has 0 aromatic heterocycles. The molecule has 0 radical (unpaired) electrons. The third-order valence-corrected chi connectivity index (χ3v) is 3.35. The van der Waals surface area contributed by atoms with E-state index in [0.29, 0.717) is 5.69 Å². The second-order valence-corrected chi connectivity index (χ2v) is 4.63.